The van der Waals surface area contributed by atoms with E-state index in [0.29, 0.717) is 24.5 Å². The Morgan fingerprint density at radius 2 is 1.81 bits per heavy atom. The van der Waals surface area contributed by atoms with Gasteiger partial charge in [-0.15, -0.1) is 0 Å². The second kappa shape index (κ2) is 9.70. The van der Waals surface area contributed by atoms with E-state index in [9.17, 15) is 13.2 Å². The zero-order chi connectivity index (χ0) is 22.6. The van der Waals surface area contributed by atoms with E-state index in [1.807, 2.05) is 19.9 Å². The van der Waals surface area contributed by atoms with Crippen molar-refractivity contribution < 1.29 is 22.7 Å². The number of rotatable bonds is 7. The monoisotopic (exact) mass is 446 g/mol. The summed E-state index contributed by atoms with van der Waals surface area (Å²) in [5.74, 6) is 0.965. The molecule has 0 unspecified atom stereocenters. The Morgan fingerprint density at radius 1 is 1.10 bits per heavy atom. The molecule has 0 bridgehead atoms. The maximum absolute atomic E-state index is 13.3. The molecule has 1 saturated heterocycles. The number of benzene rings is 2. The second-order valence-corrected chi connectivity index (χ2v) is 9.67. The van der Waals surface area contributed by atoms with Gasteiger partial charge in [0, 0.05) is 12.1 Å². The summed E-state index contributed by atoms with van der Waals surface area (Å²) >= 11 is 0. The van der Waals surface area contributed by atoms with Gasteiger partial charge in [-0.25, -0.2) is 8.42 Å². The smallest absolute Gasteiger partial charge is 0.243 e. The third kappa shape index (κ3) is 5.02. The maximum atomic E-state index is 13.3. The number of carbonyl (C=O) groups is 1. The topological polar surface area (TPSA) is 84.9 Å². The first kappa shape index (κ1) is 23.1. The van der Waals surface area contributed by atoms with Crippen LogP contribution in [0.25, 0.3) is 0 Å². The normalized spacial score (nSPS) is 18.3. The molecule has 1 aliphatic heterocycles. The van der Waals surface area contributed by atoms with Gasteiger partial charge < -0.3 is 14.8 Å². The van der Waals surface area contributed by atoms with E-state index < -0.39 is 16.1 Å². The zero-order valence-electron chi connectivity index (χ0n) is 18.4. The van der Waals surface area contributed by atoms with E-state index in [0.717, 1.165) is 24.0 Å². The molecule has 1 aliphatic rings. The minimum absolute atomic E-state index is 0.209. The summed E-state index contributed by atoms with van der Waals surface area (Å²) in [7, 11) is -0.629. The van der Waals surface area contributed by atoms with Gasteiger partial charge in [0.15, 0.2) is 0 Å². The number of ether oxygens (including phenoxy) is 2. The number of nitrogens with one attached hydrogen (secondary N) is 1. The molecule has 168 valence electrons. The van der Waals surface area contributed by atoms with Crippen molar-refractivity contribution in [3.63, 3.8) is 0 Å². The van der Waals surface area contributed by atoms with E-state index in [2.05, 4.69) is 5.32 Å². The summed E-state index contributed by atoms with van der Waals surface area (Å²) in [5, 5.41) is 2.97. The number of methoxy groups -OCH3 is 2. The lowest BCUT2D eigenvalue weighted by Gasteiger charge is -2.34. The molecule has 7 nitrogen and oxygen atoms in total. The minimum Gasteiger partial charge on any atom is -0.497 e. The van der Waals surface area contributed by atoms with Crippen LogP contribution in [0, 0.1) is 6.92 Å². The van der Waals surface area contributed by atoms with Crippen molar-refractivity contribution in [1.82, 2.24) is 9.62 Å². The van der Waals surface area contributed by atoms with E-state index in [4.69, 9.17) is 9.47 Å². The number of sulfonamides is 1. The maximum Gasteiger partial charge on any atom is 0.243 e. The summed E-state index contributed by atoms with van der Waals surface area (Å²) in [5.41, 5.74) is 1.74. The molecule has 2 aromatic carbocycles. The van der Waals surface area contributed by atoms with Crippen LogP contribution in [0.5, 0.6) is 11.5 Å². The summed E-state index contributed by atoms with van der Waals surface area (Å²) in [6, 6.07) is 11.0. The Morgan fingerprint density at radius 3 is 2.45 bits per heavy atom. The van der Waals surface area contributed by atoms with Crippen molar-refractivity contribution in [1.29, 1.82) is 0 Å². The van der Waals surface area contributed by atoms with Gasteiger partial charge in [0.05, 0.1) is 25.2 Å². The first-order chi connectivity index (χ1) is 14.8. The lowest BCUT2D eigenvalue weighted by Crippen LogP contribution is -2.52. The molecule has 2 aromatic rings. The molecule has 0 aromatic heterocycles. The highest BCUT2D eigenvalue weighted by molar-refractivity contribution is 7.89. The van der Waals surface area contributed by atoms with Crippen molar-refractivity contribution in [2.24, 2.45) is 0 Å². The molecule has 3 rings (SSSR count). The fraction of sp³-hybridized carbons (Fsp3) is 0.435. The minimum atomic E-state index is -3.77. The average Bonchev–Trinajstić information content (AvgIpc) is 2.78. The fourth-order valence-electron chi connectivity index (χ4n) is 3.87. The summed E-state index contributed by atoms with van der Waals surface area (Å²) < 4.78 is 38.6. The van der Waals surface area contributed by atoms with Crippen LogP contribution in [0.4, 0.5) is 0 Å². The van der Waals surface area contributed by atoms with Crippen LogP contribution in [-0.4, -0.2) is 45.4 Å². The molecule has 0 radical (unpaired) electrons. The second-order valence-electron chi connectivity index (χ2n) is 7.78. The van der Waals surface area contributed by atoms with E-state index in [-0.39, 0.29) is 16.8 Å². The number of amides is 1. The van der Waals surface area contributed by atoms with Crippen LogP contribution in [0.15, 0.2) is 47.4 Å². The highest BCUT2D eigenvalue weighted by Crippen LogP contribution is 2.30. The van der Waals surface area contributed by atoms with Gasteiger partial charge in [-0.1, -0.05) is 24.1 Å². The number of hydrogen-bond donors (Lipinski definition) is 1. The van der Waals surface area contributed by atoms with Crippen LogP contribution in [0.3, 0.4) is 0 Å². The van der Waals surface area contributed by atoms with E-state index >= 15 is 0 Å². The predicted octanol–water partition coefficient (Wildman–Crippen LogP) is 3.43. The first-order valence-electron chi connectivity index (χ1n) is 10.4. The molecule has 31 heavy (non-hydrogen) atoms. The number of hydrogen-bond acceptors (Lipinski definition) is 5. The van der Waals surface area contributed by atoms with Crippen molar-refractivity contribution in [2.75, 3.05) is 20.8 Å². The van der Waals surface area contributed by atoms with Gasteiger partial charge >= 0.3 is 0 Å². The third-order valence-electron chi connectivity index (χ3n) is 5.65. The van der Waals surface area contributed by atoms with Gasteiger partial charge in [0.2, 0.25) is 15.9 Å². The summed E-state index contributed by atoms with van der Waals surface area (Å²) in [6.45, 7) is 4.07. The molecule has 0 aliphatic carbocycles. The Hall–Kier alpha value is -2.58. The molecule has 2 atom stereocenters. The van der Waals surface area contributed by atoms with Gasteiger partial charge in [0.25, 0.3) is 0 Å². The highest BCUT2D eigenvalue weighted by Gasteiger charge is 2.38. The number of nitrogens with zero attached hydrogens (tertiary/aromatic N) is 1. The number of piperidine rings is 1. The first-order valence-corrected chi connectivity index (χ1v) is 11.8. The fourth-order valence-corrected chi connectivity index (χ4v) is 5.52. The molecule has 1 N–H and O–H groups in total. The van der Waals surface area contributed by atoms with Crippen molar-refractivity contribution in [3.8, 4) is 11.5 Å². The van der Waals surface area contributed by atoms with Crippen LogP contribution < -0.4 is 14.8 Å². The standard InChI is InChI=1S/C23H30N2O5S/c1-16-8-11-19(12-9-16)31(27,28)25-14-6-5-7-21(25)23(26)24-17(2)20-15-18(29-3)10-13-22(20)30-4/h8-13,15,17,21H,5-7,14H2,1-4H3,(H,24,26)/t17-,21+/m1/s1. The van der Waals surface area contributed by atoms with Gasteiger partial charge in [-0.05, 0) is 57.0 Å². The van der Waals surface area contributed by atoms with Crippen molar-refractivity contribution >= 4 is 15.9 Å². The quantitative estimate of drug-likeness (QED) is 0.704. The van der Waals surface area contributed by atoms with E-state index in [1.54, 1.807) is 50.6 Å². The van der Waals surface area contributed by atoms with Gasteiger partial charge in [0.1, 0.15) is 17.5 Å². The van der Waals surface area contributed by atoms with Crippen molar-refractivity contribution in [3.05, 3.63) is 53.6 Å². The highest BCUT2D eigenvalue weighted by atomic mass is 32.2. The lowest BCUT2D eigenvalue weighted by atomic mass is 10.0. The average molecular weight is 447 g/mol. The molecule has 0 saturated carbocycles. The Kier molecular flexibility index (Phi) is 7.23. The van der Waals surface area contributed by atoms with Crippen LogP contribution in [0.2, 0.25) is 0 Å². The molecular formula is C23H30N2O5S. The summed E-state index contributed by atoms with van der Waals surface area (Å²) in [6.07, 6.45) is 2.02. The third-order valence-corrected chi connectivity index (χ3v) is 7.57. The van der Waals surface area contributed by atoms with E-state index in [1.165, 1.54) is 4.31 Å². The molecule has 1 amide bonds. The van der Waals surface area contributed by atoms with Crippen molar-refractivity contribution in [2.45, 2.75) is 50.1 Å². The molecule has 0 spiro atoms. The van der Waals surface area contributed by atoms with Gasteiger partial charge in [-0.2, -0.15) is 4.31 Å². The Balaban J connectivity index is 1.83. The van der Waals surface area contributed by atoms with Crippen LogP contribution in [-0.2, 0) is 14.8 Å². The molecule has 8 heteroatoms. The molecule has 1 fully saturated rings. The Bertz CT molecular complexity index is 1020. The lowest BCUT2D eigenvalue weighted by molar-refractivity contribution is -0.126. The molecule has 1 heterocycles. The Labute approximate surface area is 184 Å². The zero-order valence-corrected chi connectivity index (χ0v) is 19.2. The number of carbonyl (C=O) groups excluding carboxylic acids is 1. The van der Waals surface area contributed by atoms with Gasteiger partial charge in [-0.3, -0.25) is 4.79 Å². The molecular weight excluding hydrogens is 416 g/mol. The van der Waals surface area contributed by atoms with Crippen LogP contribution in [0.1, 0.15) is 43.4 Å². The SMILES string of the molecule is COc1ccc(OC)c([C@@H](C)NC(=O)[C@@H]2CCCCN2S(=O)(=O)c2ccc(C)cc2)c1. The summed E-state index contributed by atoms with van der Waals surface area (Å²) in [4.78, 5) is 13.4. The number of aryl methyl sites for hydroxylation is 1. The largest absolute Gasteiger partial charge is 0.497 e. The predicted molar refractivity (Wildman–Crippen MR) is 119 cm³/mol. The van der Waals surface area contributed by atoms with Crippen LogP contribution >= 0.6 is 0 Å².